The molecule has 2 aromatic carbocycles. The average Bonchev–Trinajstić information content (AvgIpc) is 2.90. The molecule has 6 heteroatoms. The maximum Gasteiger partial charge on any atom is 0.272 e. The number of nitrogens with zero attached hydrogens (tertiary/aromatic N) is 1. The first-order valence-electron chi connectivity index (χ1n) is 8.97. The van der Waals surface area contributed by atoms with Gasteiger partial charge in [0.2, 0.25) is 0 Å². The van der Waals surface area contributed by atoms with Gasteiger partial charge in [-0.05, 0) is 40.8 Å². The van der Waals surface area contributed by atoms with Crippen LogP contribution in [0.15, 0.2) is 53.4 Å². The zero-order valence-corrected chi connectivity index (χ0v) is 17.6. The summed E-state index contributed by atoms with van der Waals surface area (Å²) in [5.41, 5.74) is 2.62. The molecule has 0 saturated heterocycles. The van der Waals surface area contributed by atoms with Crippen molar-refractivity contribution >= 4 is 46.4 Å². The topological polar surface area (TPSA) is 57.6 Å². The minimum absolute atomic E-state index is 0.0214. The summed E-state index contributed by atoms with van der Waals surface area (Å²) >= 11 is 7.16. The number of amides is 2. The third kappa shape index (κ3) is 4.02. The number of anilines is 1. The molecule has 0 saturated carbocycles. The van der Waals surface area contributed by atoms with Crippen LogP contribution in [-0.2, 0) is 15.0 Å². The molecule has 28 heavy (non-hydrogen) atoms. The van der Waals surface area contributed by atoms with Crippen LogP contribution in [0.3, 0.4) is 0 Å². The van der Waals surface area contributed by atoms with Crippen molar-refractivity contribution in [2.45, 2.75) is 26.2 Å². The minimum atomic E-state index is -0.365. The van der Waals surface area contributed by atoms with Gasteiger partial charge in [-0.2, -0.15) is 0 Å². The first kappa shape index (κ1) is 20.6. The van der Waals surface area contributed by atoms with Gasteiger partial charge < -0.3 is 5.11 Å². The Labute approximate surface area is 174 Å². The number of halogens is 1. The lowest BCUT2D eigenvalue weighted by Crippen LogP contribution is -2.31. The maximum absolute atomic E-state index is 13.2. The summed E-state index contributed by atoms with van der Waals surface area (Å²) in [4.78, 5) is 27.8. The molecule has 3 rings (SSSR count). The number of rotatable bonds is 5. The van der Waals surface area contributed by atoms with Gasteiger partial charge in [-0.3, -0.25) is 9.59 Å². The average molecular weight is 416 g/mol. The lowest BCUT2D eigenvalue weighted by molar-refractivity contribution is -0.119. The maximum atomic E-state index is 13.2. The van der Waals surface area contributed by atoms with Gasteiger partial charge in [-0.15, -0.1) is 11.8 Å². The van der Waals surface area contributed by atoms with Crippen molar-refractivity contribution in [1.82, 2.24) is 0 Å². The predicted molar refractivity (Wildman–Crippen MR) is 116 cm³/mol. The zero-order chi connectivity index (χ0) is 20.5. The van der Waals surface area contributed by atoms with E-state index in [-0.39, 0.29) is 23.8 Å². The summed E-state index contributed by atoms with van der Waals surface area (Å²) < 4.78 is 0. The first-order chi connectivity index (χ1) is 13.2. The third-order valence-electron chi connectivity index (χ3n) is 4.50. The molecule has 0 radical (unpaired) electrons. The number of benzene rings is 2. The summed E-state index contributed by atoms with van der Waals surface area (Å²) in [7, 11) is 0. The zero-order valence-electron chi connectivity index (χ0n) is 16.0. The van der Waals surface area contributed by atoms with Crippen LogP contribution < -0.4 is 4.90 Å². The monoisotopic (exact) mass is 415 g/mol. The number of thioether (sulfide) groups is 1. The van der Waals surface area contributed by atoms with Crippen molar-refractivity contribution in [3.63, 3.8) is 0 Å². The number of carbonyl (C=O) groups is 2. The minimum Gasteiger partial charge on any atom is -0.396 e. The number of imide groups is 1. The highest BCUT2D eigenvalue weighted by atomic mass is 35.5. The molecule has 0 atom stereocenters. The summed E-state index contributed by atoms with van der Waals surface area (Å²) in [5, 5.41) is 9.75. The summed E-state index contributed by atoms with van der Waals surface area (Å²) in [6.45, 7) is 6.25. The Morgan fingerprint density at radius 2 is 1.57 bits per heavy atom. The van der Waals surface area contributed by atoms with Crippen LogP contribution in [0.25, 0.3) is 5.57 Å². The van der Waals surface area contributed by atoms with E-state index >= 15 is 0 Å². The summed E-state index contributed by atoms with van der Waals surface area (Å²) in [6, 6.07) is 14.3. The number of carbonyl (C=O) groups excluding carboxylic acids is 2. The summed E-state index contributed by atoms with van der Waals surface area (Å²) in [5.74, 6) is -0.393. The van der Waals surface area contributed by atoms with E-state index in [2.05, 4.69) is 20.8 Å². The molecule has 0 unspecified atom stereocenters. The summed E-state index contributed by atoms with van der Waals surface area (Å²) in [6.07, 6.45) is 0. The molecular weight excluding hydrogens is 394 g/mol. The number of hydrogen-bond acceptors (Lipinski definition) is 4. The van der Waals surface area contributed by atoms with Crippen molar-refractivity contribution in [3.05, 3.63) is 69.6 Å². The van der Waals surface area contributed by atoms with Crippen LogP contribution in [-0.4, -0.2) is 29.3 Å². The smallest absolute Gasteiger partial charge is 0.272 e. The molecule has 2 amide bonds. The molecule has 1 aliphatic rings. The molecule has 2 aromatic rings. The first-order valence-corrected chi connectivity index (χ1v) is 10.3. The molecule has 0 aromatic heterocycles. The van der Waals surface area contributed by atoms with E-state index in [0.717, 1.165) is 5.56 Å². The molecule has 146 valence electrons. The van der Waals surface area contributed by atoms with Crippen LogP contribution in [0.2, 0.25) is 5.02 Å². The van der Waals surface area contributed by atoms with Crippen LogP contribution in [0.5, 0.6) is 0 Å². The standard InChI is InChI=1S/C22H22ClNO3S/c1-22(2,3)15-6-10-17(11-7-15)24-20(26)18(14-4-8-16(23)9-5-14)19(21(24)27)28-13-12-25/h4-11,25H,12-13H2,1-3H3. The van der Waals surface area contributed by atoms with E-state index < -0.39 is 0 Å². The third-order valence-corrected chi connectivity index (χ3v) is 5.81. The van der Waals surface area contributed by atoms with Crippen molar-refractivity contribution in [2.24, 2.45) is 0 Å². The molecule has 0 aliphatic carbocycles. The van der Waals surface area contributed by atoms with Crippen molar-refractivity contribution < 1.29 is 14.7 Å². The Balaban J connectivity index is 2.01. The van der Waals surface area contributed by atoms with E-state index in [1.807, 2.05) is 12.1 Å². The highest BCUT2D eigenvalue weighted by Crippen LogP contribution is 2.39. The Morgan fingerprint density at radius 3 is 2.11 bits per heavy atom. The van der Waals surface area contributed by atoms with Gasteiger partial charge in [0.15, 0.2) is 0 Å². The van der Waals surface area contributed by atoms with E-state index in [9.17, 15) is 14.7 Å². The van der Waals surface area contributed by atoms with Crippen LogP contribution in [0.1, 0.15) is 31.9 Å². The van der Waals surface area contributed by atoms with Crippen LogP contribution in [0.4, 0.5) is 5.69 Å². The molecular formula is C22H22ClNO3S. The predicted octanol–water partition coefficient (Wildman–Crippen LogP) is 4.65. The van der Waals surface area contributed by atoms with Crippen molar-refractivity contribution in [1.29, 1.82) is 0 Å². The second kappa shape index (κ2) is 8.11. The fraction of sp³-hybridized carbons (Fsp3) is 0.273. The van der Waals surface area contributed by atoms with Crippen molar-refractivity contribution in [2.75, 3.05) is 17.3 Å². The lowest BCUT2D eigenvalue weighted by Gasteiger charge is -2.21. The van der Waals surface area contributed by atoms with Crippen LogP contribution in [0, 0.1) is 0 Å². The molecule has 0 fully saturated rings. The Kier molecular flexibility index (Phi) is 5.98. The molecule has 0 spiro atoms. The quantitative estimate of drug-likeness (QED) is 0.722. The Hall–Kier alpha value is -2.08. The van der Waals surface area contributed by atoms with E-state index in [0.29, 0.717) is 32.5 Å². The van der Waals surface area contributed by atoms with E-state index in [4.69, 9.17) is 11.6 Å². The van der Waals surface area contributed by atoms with Gasteiger partial charge >= 0.3 is 0 Å². The van der Waals surface area contributed by atoms with Gasteiger partial charge in [-0.1, -0.05) is 56.6 Å². The highest BCUT2D eigenvalue weighted by molar-refractivity contribution is 8.04. The number of aliphatic hydroxyl groups excluding tert-OH is 1. The molecule has 1 aliphatic heterocycles. The number of hydrogen-bond donors (Lipinski definition) is 1. The SMILES string of the molecule is CC(C)(C)c1ccc(N2C(=O)C(SCCO)=C(c3ccc(Cl)cc3)C2=O)cc1. The fourth-order valence-corrected chi connectivity index (χ4v) is 3.99. The van der Waals surface area contributed by atoms with E-state index in [1.165, 1.54) is 16.7 Å². The Bertz CT molecular complexity index is 928. The second-order valence-corrected chi connectivity index (χ2v) is 9.07. The Morgan fingerprint density at radius 1 is 0.964 bits per heavy atom. The molecule has 0 bridgehead atoms. The van der Waals surface area contributed by atoms with Gasteiger partial charge in [0.05, 0.1) is 22.8 Å². The largest absolute Gasteiger partial charge is 0.396 e. The van der Waals surface area contributed by atoms with Crippen molar-refractivity contribution in [3.8, 4) is 0 Å². The van der Waals surface area contributed by atoms with Gasteiger partial charge in [0, 0.05) is 10.8 Å². The number of aliphatic hydroxyl groups is 1. The van der Waals surface area contributed by atoms with Gasteiger partial charge in [0.1, 0.15) is 0 Å². The van der Waals surface area contributed by atoms with Gasteiger partial charge in [-0.25, -0.2) is 4.90 Å². The van der Waals surface area contributed by atoms with E-state index in [1.54, 1.807) is 36.4 Å². The van der Waals surface area contributed by atoms with Crippen LogP contribution >= 0.6 is 23.4 Å². The lowest BCUT2D eigenvalue weighted by atomic mass is 9.87. The fourth-order valence-electron chi connectivity index (χ4n) is 3.01. The second-order valence-electron chi connectivity index (χ2n) is 7.53. The molecule has 1 heterocycles. The molecule has 4 nitrogen and oxygen atoms in total. The van der Waals surface area contributed by atoms with Gasteiger partial charge in [0.25, 0.3) is 11.8 Å². The highest BCUT2D eigenvalue weighted by Gasteiger charge is 2.40. The normalized spacial score (nSPS) is 15.0. The molecule has 1 N–H and O–H groups in total.